The summed E-state index contributed by atoms with van der Waals surface area (Å²) in [6.07, 6.45) is 0.175. The fourth-order valence-electron chi connectivity index (χ4n) is 2.14. The Bertz CT molecular complexity index is 443. The molecule has 1 aromatic rings. The van der Waals surface area contributed by atoms with Crippen molar-refractivity contribution in [3.63, 3.8) is 0 Å². The van der Waals surface area contributed by atoms with E-state index >= 15 is 0 Å². The molecule has 0 spiro atoms. The molecule has 2 N–H and O–H groups in total. The van der Waals surface area contributed by atoms with Crippen molar-refractivity contribution in [2.75, 3.05) is 13.2 Å². The van der Waals surface area contributed by atoms with E-state index in [9.17, 15) is 9.90 Å². The minimum absolute atomic E-state index is 0.0296. The van der Waals surface area contributed by atoms with Gasteiger partial charge in [0.1, 0.15) is 5.75 Å². The lowest BCUT2D eigenvalue weighted by Crippen LogP contribution is -2.35. The summed E-state index contributed by atoms with van der Waals surface area (Å²) < 4.78 is 5.58. The number of carbonyl (C=O) groups is 1. The third kappa shape index (κ3) is 6.63. The lowest BCUT2D eigenvalue weighted by molar-refractivity contribution is -0.123. The molecule has 1 aromatic carbocycles. The van der Waals surface area contributed by atoms with Crippen LogP contribution in [0.4, 0.5) is 0 Å². The molecule has 0 saturated carbocycles. The van der Waals surface area contributed by atoms with Crippen LogP contribution in [-0.2, 0) is 4.79 Å². The van der Waals surface area contributed by atoms with Crippen LogP contribution in [0, 0.1) is 5.92 Å². The largest absolute Gasteiger partial charge is 0.483 e. The maximum absolute atomic E-state index is 11.7. The zero-order valence-corrected chi connectivity index (χ0v) is 13.4. The fourth-order valence-corrected chi connectivity index (χ4v) is 2.14. The highest BCUT2D eigenvalue weighted by atomic mass is 16.5. The van der Waals surface area contributed by atoms with Crippen LogP contribution in [0.15, 0.2) is 24.3 Å². The Balaban J connectivity index is 2.40. The number of benzene rings is 1. The van der Waals surface area contributed by atoms with Gasteiger partial charge in [0.2, 0.25) is 0 Å². The molecule has 0 fully saturated rings. The third-order valence-corrected chi connectivity index (χ3v) is 3.18. The zero-order chi connectivity index (χ0) is 15.8. The van der Waals surface area contributed by atoms with Crippen LogP contribution in [0.25, 0.3) is 0 Å². The number of rotatable bonds is 8. The number of para-hydroxylation sites is 1. The maximum Gasteiger partial charge on any atom is 0.258 e. The van der Waals surface area contributed by atoms with E-state index < -0.39 is 6.10 Å². The maximum atomic E-state index is 11.7. The molecule has 21 heavy (non-hydrogen) atoms. The zero-order valence-electron chi connectivity index (χ0n) is 13.4. The first-order chi connectivity index (χ1) is 9.90. The van der Waals surface area contributed by atoms with E-state index in [2.05, 4.69) is 19.2 Å². The standard InChI is InChI=1S/C17H27NO3/c1-12(2)9-14(19)10-18-17(20)11-21-16-8-6-5-7-15(16)13(3)4/h5-8,12-14,19H,9-11H2,1-4H3,(H,18,20). The van der Waals surface area contributed by atoms with Crippen molar-refractivity contribution >= 4 is 5.91 Å². The van der Waals surface area contributed by atoms with Crippen molar-refractivity contribution in [3.05, 3.63) is 29.8 Å². The number of hydrogen-bond donors (Lipinski definition) is 2. The lowest BCUT2D eigenvalue weighted by atomic mass is 10.0. The van der Waals surface area contributed by atoms with Crippen LogP contribution in [0.1, 0.15) is 45.6 Å². The highest BCUT2D eigenvalue weighted by Crippen LogP contribution is 2.25. The molecule has 0 saturated heterocycles. The summed E-state index contributed by atoms with van der Waals surface area (Å²) in [5.41, 5.74) is 1.09. The van der Waals surface area contributed by atoms with Crippen LogP contribution in [0.3, 0.4) is 0 Å². The fraction of sp³-hybridized carbons (Fsp3) is 0.588. The van der Waals surface area contributed by atoms with Crippen LogP contribution >= 0.6 is 0 Å². The molecule has 0 radical (unpaired) electrons. The Labute approximate surface area is 127 Å². The van der Waals surface area contributed by atoms with Crippen LogP contribution in [0.2, 0.25) is 0 Å². The second-order valence-corrected chi connectivity index (χ2v) is 6.07. The van der Waals surface area contributed by atoms with Crippen molar-refractivity contribution in [2.24, 2.45) is 5.92 Å². The average molecular weight is 293 g/mol. The average Bonchev–Trinajstić information content (AvgIpc) is 2.42. The van der Waals surface area contributed by atoms with Crippen molar-refractivity contribution < 1.29 is 14.6 Å². The number of aliphatic hydroxyl groups excluding tert-OH is 1. The quantitative estimate of drug-likeness (QED) is 0.775. The SMILES string of the molecule is CC(C)CC(O)CNC(=O)COc1ccccc1C(C)C. The van der Waals surface area contributed by atoms with Crippen LogP contribution < -0.4 is 10.1 Å². The predicted molar refractivity (Wildman–Crippen MR) is 84.5 cm³/mol. The van der Waals surface area contributed by atoms with Gasteiger partial charge in [-0.15, -0.1) is 0 Å². The Hall–Kier alpha value is -1.55. The number of nitrogens with one attached hydrogen (secondary N) is 1. The first-order valence-corrected chi connectivity index (χ1v) is 7.56. The Morgan fingerprint density at radius 3 is 2.52 bits per heavy atom. The van der Waals surface area contributed by atoms with Gasteiger partial charge in [0.05, 0.1) is 6.10 Å². The smallest absolute Gasteiger partial charge is 0.258 e. The minimum Gasteiger partial charge on any atom is -0.483 e. The van der Waals surface area contributed by atoms with E-state index in [-0.39, 0.29) is 19.1 Å². The molecule has 1 atom stereocenters. The predicted octanol–water partition coefficient (Wildman–Crippen LogP) is 2.71. The normalized spacial score (nSPS) is 12.5. The molecular formula is C17H27NO3. The highest BCUT2D eigenvalue weighted by molar-refractivity contribution is 5.77. The van der Waals surface area contributed by atoms with Gasteiger partial charge in [-0.3, -0.25) is 4.79 Å². The highest BCUT2D eigenvalue weighted by Gasteiger charge is 2.11. The molecular weight excluding hydrogens is 266 g/mol. The second kappa shape index (κ2) is 8.67. The van der Waals surface area contributed by atoms with Crippen molar-refractivity contribution in [2.45, 2.75) is 46.1 Å². The summed E-state index contributed by atoms with van der Waals surface area (Å²) in [6.45, 7) is 8.49. The summed E-state index contributed by atoms with van der Waals surface area (Å²) in [5.74, 6) is 1.28. The molecule has 0 bridgehead atoms. The van der Waals surface area contributed by atoms with E-state index in [0.717, 1.165) is 11.3 Å². The molecule has 1 rings (SSSR count). The van der Waals surface area contributed by atoms with E-state index in [1.165, 1.54) is 0 Å². The molecule has 0 aliphatic heterocycles. The molecule has 1 amide bonds. The van der Waals surface area contributed by atoms with E-state index in [4.69, 9.17) is 4.74 Å². The molecule has 1 unspecified atom stereocenters. The van der Waals surface area contributed by atoms with Gasteiger partial charge in [0.15, 0.2) is 6.61 Å². The molecule has 4 nitrogen and oxygen atoms in total. The first-order valence-electron chi connectivity index (χ1n) is 7.56. The molecule has 118 valence electrons. The monoisotopic (exact) mass is 293 g/mol. The van der Waals surface area contributed by atoms with Gasteiger partial charge in [0.25, 0.3) is 5.91 Å². The van der Waals surface area contributed by atoms with E-state index in [1.54, 1.807) is 0 Å². The van der Waals surface area contributed by atoms with Crippen molar-refractivity contribution in [1.29, 1.82) is 0 Å². The molecule has 0 aliphatic rings. The Morgan fingerprint density at radius 2 is 1.90 bits per heavy atom. The number of hydrogen-bond acceptors (Lipinski definition) is 3. The van der Waals surface area contributed by atoms with E-state index in [1.807, 2.05) is 38.1 Å². The third-order valence-electron chi connectivity index (χ3n) is 3.18. The number of amides is 1. The number of ether oxygens (including phenoxy) is 1. The van der Waals surface area contributed by atoms with Gasteiger partial charge in [-0.2, -0.15) is 0 Å². The Morgan fingerprint density at radius 1 is 1.24 bits per heavy atom. The van der Waals surface area contributed by atoms with Gasteiger partial charge < -0.3 is 15.2 Å². The summed E-state index contributed by atoms with van der Waals surface area (Å²) in [6, 6.07) is 7.73. The minimum atomic E-state index is -0.503. The summed E-state index contributed by atoms with van der Waals surface area (Å²) in [4.78, 5) is 11.7. The topological polar surface area (TPSA) is 58.6 Å². The summed E-state index contributed by atoms with van der Waals surface area (Å²) in [5, 5.41) is 12.4. The van der Waals surface area contributed by atoms with Gasteiger partial charge in [-0.05, 0) is 29.9 Å². The van der Waals surface area contributed by atoms with Crippen molar-refractivity contribution in [1.82, 2.24) is 5.32 Å². The van der Waals surface area contributed by atoms with Gasteiger partial charge in [0, 0.05) is 6.54 Å². The first kappa shape index (κ1) is 17.5. The summed E-state index contributed by atoms with van der Waals surface area (Å²) >= 11 is 0. The van der Waals surface area contributed by atoms with Gasteiger partial charge in [-0.25, -0.2) is 0 Å². The number of aliphatic hydroxyl groups is 1. The van der Waals surface area contributed by atoms with E-state index in [0.29, 0.717) is 18.3 Å². The van der Waals surface area contributed by atoms with Crippen LogP contribution in [-0.4, -0.2) is 30.3 Å². The summed E-state index contributed by atoms with van der Waals surface area (Å²) in [7, 11) is 0. The van der Waals surface area contributed by atoms with Crippen LogP contribution in [0.5, 0.6) is 5.75 Å². The number of carbonyl (C=O) groups excluding carboxylic acids is 1. The molecule has 0 aromatic heterocycles. The van der Waals surface area contributed by atoms with Gasteiger partial charge >= 0.3 is 0 Å². The second-order valence-electron chi connectivity index (χ2n) is 6.07. The van der Waals surface area contributed by atoms with Crippen molar-refractivity contribution in [3.8, 4) is 5.75 Å². The Kier molecular flexibility index (Phi) is 7.23. The lowest BCUT2D eigenvalue weighted by Gasteiger charge is -2.15. The molecule has 0 heterocycles. The molecule has 4 heteroatoms. The van der Waals surface area contributed by atoms with Gasteiger partial charge in [-0.1, -0.05) is 45.9 Å². The molecule has 0 aliphatic carbocycles.